The normalized spacial score (nSPS) is 18.1. The monoisotopic (exact) mass is 1100 g/mol. The Morgan fingerprint density at radius 3 is 1.55 bits per heavy atom. The molecule has 29 heteroatoms. The molecule has 11 amide bonds. The first-order valence-corrected chi connectivity index (χ1v) is 24.9. The number of aliphatic hydroxyl groups is 2. The smallest absolute Gasteiger partial charge is 0.328 e. The minimum atomic E-state index is -1.92. The van der Waals surface area contributed by atoms with E-state index in [4.69, 9.17) is 22.9 Å². The highest BCUT2D eigenvalue weighted by molar-refractivity contribution is 5.99. The average Bonchev–Trinajstić information content (AvgIpc) is 4.13. The second-order valence-electron chi connectivity index (χ2n) is 19.0. The van der Waals surface area contributed by atoms with Gasteiger partial charge >= 0.3 is 5.97 Å². The van der Waals surface area contributed by atoms with Crippen LogP contribution < -0.4 is 54.8 Å². The van der Waals surface area contributed by atoms with Gasteiger partial charge in [0, 0.05) is 38.8 Å². The molecule has 2 saturated heterocycles. The Bertz CT molecular complexity index is 2530. The molecule has 0 bridgehead atoms. The number of hydrogen-bond acceptors (Lipinski definition) is 17. The highest BCUT2D eigenvalue weighted by atomic mass is 16.4. The van der Waals surface area contributed by atoms with Crippen LogP contribution in [-0.4, -0.2) is 186 Å². The van der Waals surface area contributed by atoms with Gasteiger partial charge in [0.2, 0.25) is 65.0 Å². The van der Waals surface area contributed by atoms with Crippen molar-refractivity contribution in [2.24, 2.45) is 22.9 Å². The SMILES string of the molecule is C[C@@H](O)[C@H](NC(=O)[C@@H]1CCCN1C(=O)[C@@H]1CCCN1C(=O)[C@H](Cc1ccc(O)cc1)NC(=O)[C@H](CO)NC(=O)[C@H](CC(N)=O)NC(=O)[C@H](Cc1ccc(O)cc1)NC(=O)[C@H](CCC(N)=O)NC(=O)[C@@H](N)CCC(N)=O)C(=O)O. The van der Waals surface area contributed by atoms with Crippen LogP contribution in [0.15, 0.2) is 48.5 Å². The number of phenolic OH excluding ortho intramolecular Hbond substituents is 2. The third-order valence-corrected chi connectivity index (χ3v) is 12.9. The number of hydrogen-bond donors (Lipinski definition) is 15. The number of aliphatic hydroxyl groups excluding tert-OH is 2. The number of phenols is 2. The number of benzene rings is 2. The first-order valence-electron chi connectivity index (χ1n) is 24.9. The van der Waals surface area contributed by atoms with Crippen LogP contribution in [0.4, 0.5) is 0 Å². The Hall–Kier alpha value is -8.44. The Labute approximate surface area is 446 Å². The van der Waals surface area contributed by atoms with Crippen molar-refractivity contribution in [1.82, 2.24) is 41.7 Å². The van der Waals surface area contributed by atoms with Crippen molar-refractivity contribution in [1.29, 1.82) is 0 Å². The van der Waals surface area contributed by atoms with E-state index in [1.807, 2.05) is 0 Å². The number of rotatable bonds is 29. The maximum atomic E-state index is 14.6. The molecule has 2 aromatic carbocycles. The molecule has 2 aromatic rings. The van der Waals surface area contributed by atoms with Crippen molar-refractivity contribution in [3.8, 4) is 11.5 Å². The topological polar surface area (TPSA) is 489 Å². The molecule has 10 atom stereocenters. The third-order valence-electron chi connectivity index (χ3n) is 12.9. The van der Waals surface area contributed by atoms with Gasteiger partial charge in [0.25, 0.3) is 0 Å². The number of nitrogens with one attached hydrogen (secondary N) is 6. The summed E-state index contributed by atoms with van der Waals surface area (Å²) in [6.45, 7) is 0.114. The zero-order valence-electron chi connectivity index (χ0n) is 42.6. The number of carbonyl (C=O) groups is 12. The van der Waals surface area contributed by atoms with Gasteiger partial charge in [0.05, 0.1) is 25.2 Å². The molecule has 2 fully saturated rings. The van der Waals surface area contributed by atoms with Gasteiger partial charge in [0.15, 0.2) is 6.04 Å². The minimum absolute atomic E-state index is 0.00308. The maximum Gasteiger partial charge on any atom is 0.328 e. The van der Waals surface area contributed by atoms with Crippen molar-refractivity contribution in [3.63, 3.8) is 0 Å². The highest BCUT2D eigenvalue weighted by Crippen LogP contribution is 2.27. The molecule has 0 saturated carbocycles. The second kappa shape index (κ2) is 29.2. The summed E-state index contributed by atoms with van der Waals surface area (Å²) in [7, 11) is 0. The van der Waals surface area contributed by atoms with Gasteiger partial charge in [-0.15, -0.1) is 0 Å². The summed E-state index contributed by atoms with van der Waals surface area (Å²) in [6.07, 6.45) is -3.45. The van der Waals surface area contributed by atoms with Crippen LogP contribution >= 0.6 is 0 Å². The number of aromatic hydroxyl groups is 2. The molecule has 426 valence electrons. The molecular weight excluding hydrogens is 1030 g/mol. The Kier molecular flexibility index (Phi) is 23.2. The molecule has 2 aliphatic heterocycles. The Balaban J connectivity index is 1.57. The average molecular weight is 1100 g/mol. The molecule has 19 N–H and O–H groups in total. The molecule has 0 aliphatic carbocycles. The van der Waals surface area contributed by atoms with Gasteiger partial charge in [-0.1, -0.05) is 24.3 Å². The lowest BCUT2D eigenvalue weighted by Gasteiger charge is -2.33. The summed E-state index contributed by atoms with van der Waals surface area (Å²) in [4.78, 5) is 161. The van der Waals surface area contributed by atoms with Crippen LogP contribution in [0, 0.1) is 0 Å². The lowest BCUT2D eigenvalue weighted by atomic mass is 10.0. The van der Waals surface area contributed by atoms with Crippen molar-refractivity contribution in [2.75, 3.05) is 19.7 Å². The van der Waals surface area contributed by atoms with E-state index in [2.05, 4.69) is 31.9 Å². The molecule has 0 aromatic heterocycles. The largest absolute Gasteiger partial charge is 0.508 e. The predicted octanol–water partition coefficient (Wildman–Crippen LogP) is -6.03. The molecule has 0 radical (unpaired) electrons. The first-order chi connectivity index (χ1) is 36.8. The van der Waals surface area contributed by atoms with Crippen LogP contribution in [0.25, 0.3) is 0 Å². The van der Waals surface area contributed by atoms with Gasteiger partial charge in [-0.2, -0.15) is 0 Å². The standard InChI is InChI=1S/C49H68N12O17/c1-24(63)40(49(77)78)59-46(74)35-4-2-18-60(35)48(76)36-5-3-19-61(36)47(75)33(21-26-8-12-28(65)13-9-26)57-45(73)34(23-62)58-44(72)32(22-39(53)68)56-43(71)31(20-25-6-10-27(64)11-7-25)55-42(70)30(15-17-38(52)67)54-41(69)29(50)14-16-37(51)66/h6-13,24,29-36,40,62-65H,2-5,14-23,50H2,1H3,(H2,51,66)(H2,52,67)(H2,53,68)(H,54,69)(H,55,70)(H,56,71)(H,57,73)(H,58,72)(H,59,74)(H,77,78)/t24-,29+,30+,31+,32+,33+,34+,35+,36+,40+/m1/s1. The number of carbonyl (C=O) groups excluding carboxylic acids is 11. The molecule has 2 aliphatic rings. The summed E-state index contributed by atoms with van der Waals surface area (Å²) >= 11 is 0. The number of nitrogens with zero attached hydrogens (tertiary/aromatic N) is 2. The van der Waals surface area contributed by atoms with Crippen LogP contribution in [0.3, 0.4) is 0 Å². The van der Waals surface area contributed by atoms with E-state index in [9.17, 15) is 83.1 Å². The summed E-state index contributed by atoms with van der Waals surface area (Å²) < 4.78 is 0. The van der Waals surface area contributed by atoms with Crippen LogP contribution in [0.1, 0.15) is 75.8 Å². The quantitative estimate of drug-likeness (QED) is 0.0361. The van der Waals surface area contributed by atoms with Gasteiger partial charge in [-0.3, -0.25) is 52.7 Å². The number of carboxylic acids is 1. The molecule has 2 heterocycles. The van der Waals surface area contributed by atoms with E-state index in [-0.39, 0.29) is 63.1 Å². The van der Waals surface area contributed by atoms with Crippen molar-refractivity contribution < 1.29 is 83.1 Å². The molecule has 0 spiro atoms. The van der Waals surface area contributed by atoms with E-state index in [0.717, 1.165) is 0 Å². The molecule has 78 heavy (non-hydrogen) atoms. The fourth-order valence-electron chi connectivity index (χ4n) is 8.72. The molecule has 29 nitrogen and oxygen atoms in total. The number of nitrogens with two attached hydrogens (primary N) is 4. The van der Waals surface area contributed by atoms with Crippen molar-refractivity contribution in [3.05, 3.63) is 59.7 Å². The van der Waals surface area contributed by atoms with Gasteiger partial charge in [-0.05, 0) is 80.8 Å². The van der Waals surface area contributed by atoms with Gasteiger partial charge in [-0.25, -0.2) is 4.79 Å². The number of aliphatic carboxylic acids is 1. The third kappa shape index (κ3) is 18.4. The summed E-state index contributed by atoms with van der Waals surface area (Å²) in [5.41, 5.74) is 22.5. The number of likely N-dealkylation sites (tertiary alicyclic amines) is 2. The maximum absolute atomic E-state index is 14.6. The zero-order chi connectivity index (χ0) is 58.0. The van der Waals surface area contributed by atoms with Crippen LogP contribution in [0.2, 0.25) is 0 Å². The van der Waals surface area contributed by atoms with Gasteiger partial charge in [0.1, 0.15) is 53.8 Å². The molecule has 0 unspecified atom stereocenters. The Morgan fingerprint density at radius 1 is 0.577 bits per heavy atom. The summed E-state index contributed by atoms with van der Waals surface area (Å²) in [6, 6.07) is -3.10. The van der Waals surface area contributed by atoms with E-state index in [0.29, 0.717) is 24.0 Å². The molecule has 4 rings (SSSR count). The summed E-state index contributed by atoms with van der Waals surface area (Å²) in [5.74, 6) is -12.5. The van der Waals surface area contributed by atoms with Crippen molar-refractivity contribution in [2.45, 2.75) is 138 Å². The summed E-state index contributed by atoms with van der Waals surface area (Å²) in [5, 5.41) is 63.8. The number of carboxylic acid groups (broad SMARTS) is 1. The minimum Gasteiger partial charge on any atom is -0.508 e. The van der Waals surface area contributed by atoms with E-state index in [1.54, 1.807) is 0 Å². The van der Waals surface area contributed by atoms with Gasteiger partial charge < -0.3 is 90.2 Å². The lowest BCUT2D eigenvalue weighted by molar-refractivity contribution is -0.149. The second-order valence-corrected chi connectivity index (χ2v) is 19.0. The number of amides is 11. The van der Waals surface area contributed by atoms with E-state index in [1.165, 1.54) is 65.3 Å². The Morgan fingerprint density at radius 2 is 1.03 bits per heavy atom. The van der Waals surface area contributed by atoms with Crippen LogP contribution in [-0.2, 0) is 70.4 Å². The van der Waals surface area contributed by atoms with E-state index >= 15 is 0 Å². The lowest BCUT2D eigenvalue weighted by Crippen LogP contribution is -2.61. The van der Waals surface area contributed by atoms with Crippen molar-refractivity contribution >= 4 is 70.9 Å². The fourth-order valence-corrected chi connectivity index (χ4v) is 8.72. The first kappa shape index (κ1) is 62.1. The number of primary amides is 3. The zero-order valence-corrected chi connectivity index (χ0v) is 42.6. The molecular formula is C49H68N12O17. The van der Waals surface area contributed by atoms with Crippen LogP contribution in [0.5, 0.6) is 11.5 Å². The highest BCUT2D eigenvalue weighted by Gasteiger charge is 2.45. The predicted molar refractivity (Wildman–Crippen MR) is 270 cm³/mol. The fraction of sp³-hybridized carbons (Fsp3) is 0.510. The van der Waals surface area contributed by atoms with E-state index < -0.39 is 157 Å².